The third-order valence-electron chi connectivity index (χ3n) is 3.01. The van der Waals surface area contributed by atoms with Crippen LogP contribution in [-0.2, 0) is 0 Å². The summed E-state index contributed by atoms with van der Waals surface area (Å²) in [6.07, 6.45) is 1.69. The molecule has 5 heteroatoms. The summed E-state index contributed by atoms with van der Waals surface area (Å²) >= 11 is 0. The molecule has 0 aliphatic rings. The van der Waals surface area contributed by atoms with Gasteiger partial charge in [-0.05, 0) is 43.3 Å². The van der Waals surface area contributed by atoms with E-state index in [4.69, 9.17) is 0 Å². The molecule has 0 atom stereocenters. The van der Waals surface area contributed by atoms with Gasteiger partial charge in [-0.2, -0.15) is 5.10 Å². The van der Waals surface area contributed by atoms with Gasteiger partial charge in [0.05, 0.1) is 11.4 Å². The van der Waals surface area contributed by atoms with Gasteiger partial charge in [0.25, 0.3) is 5.91 Å². The van der Waals surface area contributed by atoms with Crippen LogP contribution in [-0.4, -0.2) is 30.7 Å². The average molecular weight is 282 g/mol. The van der Waals surface area contributed by atoms with E-state index in [1.165, 1.54) is 0 Å². The number of nitrogens with zero attached hydrogens (tertiary/aromatic N) is 3. The molecule has 1 aromatic heterocycles. The van der Waals surface area contributed by atoms with Crippen LogP contribution in [0.3, 0.4) is 0 Å². The SMILES string of the molecule is C/C(=N\NC(=O)c1ccc(N(C)C)cc1)c1ccccn1. The van der Waals surface area contributed by atoms with E-state index in [9.17, 15) is 4.79 Å². The molecule has 0 saturated heterocycles. The number of benzene rings is 1. The molecule has 0 fully saturated rings. The molecule has 0 radical (unpaired) electrons. The van der Waals surface area contributed by atoms with E-state index in [2.05, 4.69) is 15.5 Å². The van der Waals surface area contributed by atoms with E-state index in [1.54, 1.807) is 25.3 Å². The van der Waals surface area contributed by atoms with Crippen molar-refractivity contribution >= 4 is 17.3 Å². The van der Waals surface area contributed by atoms with Crippen LogP contribution in [0.5, 0.6) is 0 Å². The summed E-state index contributed by atoms with van der Waals surface area (Å²) in [7, 11) is 3.91. The van der Waals surface area contributed by atoms with Crippen molar-refractivity contribution in [1.82, 2.24) is 10.4 Å². The Morgan fingerprint density at radius 1 is 1.14 bits per heavy atom. The van der Waals surface area contributed by atoms with E-state index in [-0.39, 0.29) is 5.91 Å². The first-order chi connectivity index (χ1) is 10.1. The summed E-state index contributed by atoms with van der Waals surface area (Å²) in [6, 6.07) is 12.9. The summed E-state index contributed by atoms with van der Waals surface area (Å²) in [5.41, 5.74) is 5.55. The van der Waals surface area contributed by atoms with E-state index >= 15 is 0 Å². The fourth-order valence-electron chi connectivity index (χ4n) is 1.74. The highest BCUT2D eigenvalue weighted by Gasteiger charge is 2.05. The number of rotatable bonds is 4. The number of anilines is 1. The lowest BCUT2D eigenvalue weighted by molar-refractivity contribution is 0.0955. The Morgan fingerprint density at radius 3 is 2.43 bits per heavy atom. The summed E-state index contributed by atoms with van der Waals surface area (Å²) in [4.78, 5) is 18.2. The van der Waals surface area contributed by atoms with Crippen molar-refractivity contribution in [3.63, 3.8) is 0 Å². The number of carbonyl (C=O) groups excluding carboxylic acids is 1. The van der Waals surface area contributed by atoms with Crippen molar-refractivity contribution in [2.24, 2.45) is 5.10 Å². The Kier molecular flexibility index (Phi) is 4.66. The van der Waals surface area contributed by atoms with Gasteiger partial charge < -0.3 is 4.90 Å². The van der Waals surface area contributed by atoms with Crippen molar-refractivity contribution in [3.8, 4) is 0 Å². The zero-order chi connectivity index (χ0) is 15.2. The fourth-order valence-corrected chi connectivity index (χ4v) is 1.74. The first-order valence-electron chi connectivity index (χ1n) is 6.61. The third kappa shape index (κ3) is 3.89. The largest absolute Gasteiger partial charge is 0.378 e. The third-order valence-corrected chi connectivity index (χ3v) is 3.01. The minimum absolute atomic E-state index is 0.240. The van der Waals surface area contributed by atoms with E-state index in [0.717, 1.165) is 11.4 Å². The predicted octanol–water partition coefficient (Wildman–Crippen LogP) is 2.30. The summed E-state index contributed by atoms with van der Waals surface area (Å²) in [5.74, 6) is -0.240. The molecule has 21 heavy (non-hydrogen) atoms. The van der Waals surface area contributed by atoms with Crippen LogP contribution in [0.25, 0.3) is 0 Å². The zero-order valence-electron chi connectivity index (χ0n) is 12.4. The number of amides is 1. The molecule has 0 spiro atoms. The van der Waals surface area contributed by atoms with Gasteiger partial charge in [-0.3, -0.25) is 9.78 Å². The first-order valence-corrected chi connectivity index (χ1v) is 6.61. The number of aromatic nitrogens is 1. The molecule has 0 bridgehead atoms. The first kappa shape index (κ1) is 14.7. The monoisotopic (exact) mass is 282 g/mol. The van der Waals surface area contributed by atoms with Crippen molar-refractivity contribution in [3.05, 3.63) is 59.9 Å². The second-order valence-electron chi connectivity index (χ2n) is 4.79. The Bertz CT molecular complexity index is 633. The lowest BCUT2D eigenvalue weighted by Gasteiger charge is -2.12. The fraction of sp³-hybridized carbons (Fsp3) is 0.188. The van der Waals surface area contributed by atoms with Gasteiger partial charge in [-0.15, -0.1) is 0 Å². The second-order valence-corrected chi connectivity index (χ2v) is 4.79. The molecule has 1 heterocycles. The zero-order valence-corrected chi connectivity index (χ0v) is 12.4. The molecular weight excluding hydrogens is 264 g/mol. The Hall–Kier alpha value is -2.69. The van der Waals surface area contributed by atoms with Gasteiger partial charge in [-0.1, -0.05) is 6.07 Å². The summed E-state index contributed by atoms with van der Waals surface area (Å²) in [6.45, 7) is 1.80. The van der Waals surface area contributed by atoms with Gasteiger partial charge in [0.1, 0.15) is 0 Å². The highest BCUT2D eigenvalue weighted by molar-refractivity contribution is 5.99. The highest BCUT2D eigenvalue weighted by Crippen LogP contribution is 2.12. The number of hydrogen-bond acceptors (Lipinski definition) is 4. The van der Waals surface area contributed by atoms with E-state index < -0.39 is 0 Å². The maximum Gasteiger partial charge on any atom is 0.271 e. The van der Waals surface area contributed by atoms with E-state index in [1.807, 2.05) is 49.3 Å². The quantitative estimate of drug-likeness (QED) is 0.691. The van der Waals surface area contributed by atoms with E-state index in [0.29, 0.717) is 11.3 Å². The number of carbonyl (C=O) groups is 1. The van der Waals surface area contributed by atoms with Crippen LogP contribution in [0, 0.1) is 0 Å². The molecule has 1 N–H and O–H groups in total. The molecule has 0 saturated carbocycles. The Balaban J connectivity index is 2.04. The van der Waals surface area contributed by atoms with Crippen molar-refractivity contribution in [2.75, 3.05) is 19.0 Å². The number of pyridine rings is 1. The van der Waals surface area contributed by atoms with Gasteiger partial charge in [0, 0.05) is 31.5 Å². The molecule has 0 aliphatic carbocycles. The molecule has 5 nitrogen and oxygen atoms in total. The Labute approximate surface area is 124 Å². The topological polar surface area (TPSA) is 57.6 Å². The van der Waals surface area contributed by atoms with Gasteiger partial charge in [0.15, 0.2) is 0 Å². The van der Waals surface area contributed by atoms with Crippen LogP contribution in [0.4, 0.5) is 5.69 Å². The average Bonchev–Trinajstić information content (AvgIpc) is 2.53. The van der Waals surface area contributed by atoms with Gasteiger partial charge in [0.2, 0.25) is 0 Å². The predicted molar refractivity (Wildman–Crippen MR) is 84.7 cm³/mol. The minimum Gasteiger partial charge on any atom is -0.378 e. The number of hydrazone groups is 1. The lowest BCUT2D eigenvalue weighted by Crippen LogP contribution is -2.19. The normalized spacial score (nSPS) is 11.1. The van der Waals surface area contributed by atoms with Crippen LogP contribution >= 0.6 is 0 Å². The van der Waals surface area contributed by atoms with Gasteiger partial charge >= 0.3 is 0 Å². The lowest BCUT2D eigenvalue weighted by atomic mass is 10.2. The molecule has 2 aromatic rings. The molecule has 1 aromatic carbocycles. The van der Waals surface area contributed by atoms with Crippen LogP contribution in [0.1, 0.15) is 23.0 Å². The minimum atomic E-state index is -0.240. The maximum absolute atomic E-state index is 12.0. The molecule has 108 valence electrons. The highest BCUT2D eigenvalue weighted by atomic mass is 16.2. The standard InChI is InChI=1S/C16H18N4O/c1-12(15-6-4-5-11-17-15)18-19-16(21)13-7-9-14(10-8-13)20(2)3/h4-11H,1-3H3,(H,19,21)/b18-12+. The molecular formula is C16H18N4O. The van der Waals surface area contributed by atoms with Crippen LogP contribution in [0.2, 0.25) is 0 Å². The van der Waals surface area contributed by atoms with Gasteiger partial charge in [-0.25, -0.2) is 5.43 Å². The smallest absolute Gasteiger partial charge is 0.271 e. The number of nitrogens with one attached hydrogen (secondary N) is 1. The summed E-state index contributed by atoms with van der Waals surface area (Å²) < 4.78 is 0. The van der Waals surface area contributed by atoms with Crippen LogP contribution in [0.15, 0.2) is 53.8 Å². The number of hydrogen-bond donors (Lipinski definition) is 1. The molecule has 0 aliphatic heterocycles. The van der Waals surface area contributed by atoms with Crippen molar-refractivity contribution < 1.29 is 4.79 Å². The Morgan fingerprint density at radius 2 is 1.86 bits per heavy atom. The summed E-state index contributed by atoms with van der Waals surface area (Å²) in [5, 5.41) is 4.07. The second kappa shape index (κ2) is 6.65. The van der Waals surface area contributed by atoms with Crippen molar-refractivity contribution in [1.29, 1.82) is 0 Å². The molecule has 2 rings (SSSR count). The van der Waals surface area contributed by atoms with Crippen molar-refractivity contribution in [2.45, 2.75) is 6.92 Å². The van der Waals surface area contributed by atoms with Crippen LogP contribution < -0.4 is 10.3 Å². The molecule has 1 amide bonds. The maximum atomic E-state index is 12.0. The molecule has 0 unspecified atom stereocenters.